The SMILES string of the molecule is CC(=O)NC(Cc1ccccc1F)C(=O)N1CCC(c2nccn2Cc2ccc(C(C)C)cc2)CC1. The maximum absolute atomic E-state index is 14.2. The number of nitrogens with one attached hydrogen (secondary N) is 1. The minimum Gasteiger partial charge on any atom is -0.344 e. The second-order valence-corrected chi connectivity index (χ2v) is 9.96. The molecule has 3 aromatic rings. The Hall–Kier alpha value is -3.48. The fourth-order valence-electron chi connectivity index (χ4n) is 4.93. The van der Waals surface area contributed by atoms with Gasteiger partial charge < -0.3 is 14.8 Å². The number of halogens is 1. The minimum absolute atomic E-state index is 0.130. The highest BCUT2D eigenvalue weighted by Crippen LogP contribution is 2.28. The largest absolute Gasteiger partial charge is 0.344 e. The number of piperidine rings is 1. The maximum Gasteiger partial charge on any atom is 0.245 e. The first-order valence-corrected chi connectivity index (χ1v) is 12.7. The molecule has 1 fully saturated rings. The van der Waals surface area contributed by atoms with Crippen molar-refractivity contribution < 1.29 is 14.0 Å². The van der Waals surface area contributed by atoms with Crippen molar-refractivity contribution in [3.05, 3.63) is 89.3 Å². The molecule has 6 nitrogen and oxygen atoms in total. The van der Waals surface area contributed by atoms with E-state index in [1.807, 2.05) is 12.4 Å². The van der Waals surface area contributed by atoms with Crippen LogP contribution in [0.2, 0.25) is 0 Å². The summed E-state index contributed by atoms with van der Waals surface area (Å²) in [6.07, 6.45) is 5.58. The quantitative estimate of drug-likeness (QED) is 0.500. The Bertz CT molecular complexity index is 1180. The van der Waals surface area contributed by atoms with Gasteiger partial charge in [0.2, 0.25) is 11.8 Å². The number of imidazole rings is 1. The zero-order chi connectivity index (χ0) is 25.7. The first-order valence-electron chi connectivity index (χ1n) is 12.7. The van der Waals surface area contributed by atoms with Crippen LogP contribution < -0.4 is 5.32 Å². The van der Waals surface area contributed by atoms with E-state index in [1.54, 1.807) is 23.1 Å². The minimum atomic E-state index is -0.785. The van der Waals surface area contributed by atoms with Gasteiger partial charge in [-0.25, -0.2) is 9.37 Å². The Balaban J connectivity index is 1.39. The molecule has 0 saturated carbocycles. The summed E-state index contributed by atoms with van der Waals surface area (Å²) in [5, 5.41) is 2.73. The number of hydrogen-bond donors (Lipinski definition) is 1. The van der Waals surface area contributed by atoms with E-state index in [1.165, 1.54) is 24.1 Å². The summed E-state index contributed by atoms with van der Waals surface area (Å²) in [5.41, 5.74) is 2.98. The first kappa shape index (κ1) is 25.6. The number of aromatic nitrogens is 2. The molecule has 1 unspecified atom stereocenters. The zero-order valence-corrected chi connectivity index (χ0v) is 21.3. The zero-order valence-electron chi connectivity index (χ0n) is 21.3. The normalized spacial score (nSPS) is 15.2. The number of hydrogen-bond acceptors (Lipinski definition) is 3. The monoisotopic (exact) mass is 490 g/mol. The molecule has 190 valence electrons. The Morgan fingerprint density at radius 1 is 1.08 bits per heavy atom. The molecule has 0 radical (unpaired) electrons. The average Bonchev–Trinajstić information content (AvgIpc) is 3.32. The summed E-state index contributed by atoms with van der Waals surface area (Å²) in [7, 11) is 0. The van der Waals surface area contributed by atoms with Crippen LogP contribution in [-0.4, -0.2) is 45.4 Å². The molecule has 1 saturated heterocycles. The van der Waals surface area contributed by atoms with Crippen LogP contribution in [0.5, 0.6) is 0 Å². The van der Waals surface area contributed by atoms with Gasteiger partial charge in [-0.1, -0.05) is 56.3 Å². The molecule has 0 spiro atoms. The molecule has 1 aliphatic heterocycles. The molecule has 4 rings (SSSR count). The van der Waals surface area contributed by atoms with Gasteiger partial charge in [-0.3, -0.25) is 9.59 Å². The molecule has 2 amide bonds. The van der Waals surface area contributed by atoms with E-state index >= 15 is 0 Å². The van der Waals surface area contributed by atoms with Crippen molar-refractivity contribution in [2.24, 2.45) is 0 Å². The van der Waals surface area contributed by atoms with Crippen molar-refractivity contribution in [1.29, 1.82) is 0 Å². The molecular formula is C29H35FN4O2. The Labute approximate surface area is 212 Å². The van der Waals surface area contributed by atoms with E-state index in [2.05, 4.69) is 53.0 Å². The van der Waals surface area contributed by atoms with Crippen LogP contribution in [0.4, 0.5) is 4.39 Å². The summed E-state index contributed by atoms with van der Waals surface area (Å²) < 4.78 is 16.4. The lowest BCUT2D eigenvalue weighted by atomic mass is 9.94. The number of nitrogens with zero attached hydrogens (tertiary/aromatic N) is 3. The van der Waals surface area contributed by atoms with E-state index in [0.717, 1.165) is 25.2 Å². The third kappa shape index (κ3) is 6.20. The molecule has 0 bridgehead atoms. The second kappa shape index (κ2) is 11.5. The first-order chi connectivity index (χ1) is 17.3. The number of benzene rings is 2. The summed E-state index contributed by atoms with van der Waals surface area (Å²) in [6.45, 7) is 7.68. The summed E-state index contributed by atoms with van der Waals surface area (Å²) in [5.74, 6) is 0.964. The van der Waals surface area contributed by atoms with Gasteiger partial charge in [0, 0.05) is 51.3 Å². The van der Waals surface area contributed by atoms with Crippen LogP contribution in [0.15, 0.2) is 60.9 Å². The van der Waals surface area contributed by atoms with E-state index in [0.29, 0.717) is 24.6 Å². The van der Waals surface area contributed by atoms with Gasteiger partial charge in [-0.15, -0.1) is 0 Å². The van der Waals surface area contributed by atoms with Gasteiger partial charge in [-0.05, 0) is 41.5 Å². The van der Waals surface area contributed by atoms with Crippen molar-refractivity contribution in [3.8, 4) is 0 Å². The van der Waals surface area contributed by atoms with Crippen molar-refractivity contribution in [1.82, 2.24) is 19.8 Å². The van der Waals surface area contributed by atoms with Gasteiger partial charge in [0.05, 0.1) is 0 Å². The van der Waals surface area contributed by atoms with E-state index in [4.69, 9.17) is 0 Å². The van der Waals surface area contributed by atoms with Crippen LogP contribution in [0, 0.1) is 5.82 Å². The van der Waals surface area contributed by atoms with Crippen molar-refractivity contribution in [2.75, 3.05) is 13.1 Å². The van der Waals surface area contributed by atoms with Gasteiger partial charge in [0.15, 0.2) is 0 Å². The predicted molar refractivity (Wildman–Crippen MR) is 138 cm³/mol. The highest BCUT2D eigenvalue weighted by atomic mass is 19.1. The number of carbonyl (C=O) groups excluding carboxylic acids is 2. The molecule has 0 aliphatic carbocycles. The Morgan fingerprint density at radius 3 is 2.42 bits per heavy atom. The van der Waals surface area contributed by atoms with Crippen LogP contribution in [-0.2, 0) is 22.6 Å². The third-order valence-electron chi connectivity index (χ3n) is 6.98. The van der Waals surface area contributed by atoms with E-state index in [-0.39, 0.29) is 30.0 Å². The summed E-state index contributed by atoms with van der Waals surface area (Å²) in [4.78, 5) is 31.5. The molecule has 7 heteroatoms. The fourth-order valence-corrected chi connectivity index (χ4v) is 4.93. The molecule has 36 heavy (non-hydrogen) atoms. The van der Waals surface area contributed by atoms with Gasteiger partial charge in [0.25, 0.3) is 0 Å². The average molecular weight is 491 g/mol. The smallest absolute Gasteiger partial charge is 0.245 e. The molecule has 2 heterocycles. The van der Waals surface area contributed by atoms with Crippen LogP contribution >= 0.6 is 0 Å². The van der Waals surface area contributed by atoms with E-state index in [9.17, 15) is 14.0 Å². The molecule has 1 atom stereocenters. The lowest BCUT2D eigenvalue weighted by Crippen LogP contribution is -2.51. The van der Waals surface area contributed by atoms with Crippen LogP contribution in [0.3, 0.4) is 0 Å². The molecule has 2 aromatic carbocycles. The molecule has 1 aliphatic rings. The Kier molecular flexibility index (Phi) is 8.18. The van der Waals surface area contributed by atoms with Crippen molar-refractivity contribution in [3.63, 3.8) is 0 Å². The number of rotatable bonds is 8. The Morgan fingerprint density at radius 2 is 1.78 bits per heavy atom. The van der Waals surface area contributed by atoms with Gasteiger partial charge in [-0.2, -0.15) is 0 Å². The highest BCUT2D eigenvalue weighted by Gasteiger charge is 2.31. The number of carbonyl (C=O) groups is 2. The molecule has 1 aromatic heterocycles. The fraction of sp³-hybridized carbons (Fsp3) is 0.414. The van der Waals surface area contributed by atoms with Crippen LogP contribution in [0.25, 0.3) is 0 Å². The van der Waals surface area contributed by atoms with E-state index < -0.39 is 6.04 Å². The third-order valence-corrected chi connectivity index (χ3v) is 6.98. The van der Waals surface area contributed by atoms with Crippen LogP contribution in [0.1, 0.15) is 68.0 Å². The lowest BCUT2D eigenvalue weighted by Gasteiger charge is -2.34. The van der Waals surface area contributed by atoms with Gasteiger partial charge >= 0.3 is 0 Å². The lowest BCUT2D eigenvalue weighted by molar-refractivity contribution is -0.137. The number of amides is 2. The molecular weight excluding hydrogens is 455 g/mol. The highest BCUT2D eigenvalue weighted by molar-refractivity contribution is 5.87. The topological polar surface area (TPSA) is 67.2 Å². The standard InChI is InChI=1S/C29H35FN4O2/c1-20(2)23-10-8-22(9-11-23)19-34-17-14-31-28(34)24-12-15-33(16-13-24)29(36)27(32-21(3)35)18-25-6-4-5-7-26(25)30/h4-11,14,17,20,24,27H,12-13,15-16,18-19H2,1-3H3,(H,32,35). The molecule has 1 N–H and O–H groups in total. The second-order valence-electron chi connectivity index (χ2n) is 9.96. The number of likely N-dealkylation sites (tertiary alicyclic amines) is 1. The maximum atomic E-state index is 14.2. The van der Waals surface area contributed by atoms with Crippen molar-refractivity contribution >= 4 is 11.8 Å². The summed E-state index contributed by atoms with van der Waals surface area (Å²) in [6, 6.07) is 14.3. The summed E-state index contributed by atoms with van der Waals surface area (Å²) >= 11 is 0. The predicted octanol–water partition coefficient (Wildman–Crippen LogP) is 4.65. The van der Waals surface area contributed by atoms with Crippen molar-refractivity contribution in [2.45, 2.75) is 64.5 Å². The van der Waals surface area contributed by atoms with Gasteiger partial charge in [0.1, 0.15) is 17.7 Å².